The van der Waals surface area contributed by atoms with Crippen LogP contribution in [-0.2, 0) is 14.8 Å². The SMILES string of the molecule is CC1OCCC1(C)NS(=O)(=O)C(C)CO. The molecule has 90 valence electrons. The molecule has 0 bridgehead atoms. The smallest absolute Gasteiger partial charge is 0.217 e. The molecular formula is C9H19NO4S. The van der Waals surface area contributed by atoms with E-state index in [1.54, 1.807) is 0 Å². The fourth-order valence-electron chi connectivity index (χ4n) is 1.49. The van der Waals surface area contributed by atoms with Gasteiger partial charge in [-0.25, -0.2) is 13.1 Å². The van der Waals surface area contributed by atoms with Gasteiger partial charge in [0.25, 0.3) is 0 Å². The van der Waals surface area contributed by atoms with Crippen molar-refractivity contribution in [2.24, 2.45) is 0 Å². The molecule has 1 fully saturated rings. The molecule has 0 aromatic heterocycles. The van der Waals surface area contributed by atoms with E-state index in [9.17, 15) is 8.42 Å². The van der Waals surface area contributed by atoms with Gasteiger partial charge in [0.2, 0.25) is 10.0 Å². The molecule has 0 aromatic carbocycles. The van der Waals surface area contributed by atoms with Crippen LogP contribution >= 0.6 is 0 Å². The van der Waals surface area contributed by atoms with Crippen molar-refractivity contribution in [1.29, 1.82) is 0 Å². The molecule has 1 rings (SSSR count). The Bertz CT molecular complexity index is 316. The summed E-state index contributed by atoms with van der Waals surface area (Å²) < 4.78 is 31.4. The molecule has 1 saturated heterocycles. The Morgan fingerprint density at radius 1 is 1.67 bits per heavy atom. The minimum atomic E-state index is -3.47. The first-order valence-corrected chi connectivity index (χ1v) is 6.62. The topological polar surface area (TPSA) is 75.6 Å². The zero-order valence-corrected chi connectivity index (χ0v) is 10.2. The largest absolute Gasteiger partial charge is 0.395 e. The predicted octanol–water partition coefficient (Wildman–Crippen LogP) is -0.146. The first kappa shape index (κ1) is 12.9. The van der Waals surface area contributed by atoms with Gasteiger partial charge in [-0.1, -0.05) is 0 Å². The summed E-state index contributed by atoms with van der Waals surface area (Å²) >= 11 is 0. The average Bonchev–Trinajstić information content (AvgIpc) is 2.44. The Morgan fingerprint density at radius 2 is 2.27 bits per heavy atom. The molecule has 0 saturated carbocycles. The molecule has 5 nitrogen and oxygen atoms in total. The van der Waals surface area contributed by atoms with Crippen LogP contribution < -0.4 is 4.72 Å². The first-order chi connectivity index (χ1) is 6.82. The predicted molar refractivity (Wildman–Crippen MR) is 57.0 cm³/mol. The van der Waals surface area contributed by atoms with Crippen LogP contribution in [0.15, 0.2) is 0 Å². The van der Waals surface area contributed by atoms with Crippen LogP contribution in [0.25, 0.3) is 0 Å². The van der Waals surface area contributed by atoms with Crippen LogP contribution in [0.3, 0.4) is 0 Å². The van der Waals surface area contributed by atoms with Crippen molar-refractivity contribution in [1.82, 2.24) is 4.72 Å². The highest BCUT2D eigenvalue weighted by Gasteiger charge is 2.41. The van der Waals surface area contributed by atoms with E-state index in [2.05, 4.69) is 4.72 Å². The number of aliphatic hydroxyl groups excluding tert-OH is 1. The highest BCUT2D eigenvalue weighted by Crippen LogP contribution is 2.26. The molecule has 0 radical (unpaired) electrons. The van der Waals surface area contributed by atoms with Crippen LogP contribution in [0.1, 0.15) is 27.2 Å². The van der Waals surface area contributed by atoms with E-state index in [4.69, 9.17) is 9.84 Å². The maximum atomic E-state index is 11.7. The summed E-state index contributed by atoms with van der Waals surface area (Å²) in [6, 6.07) is 0. The van der Waals surface area contributed by atoms with Gasteiger partial charge in [-0.2, -0.15) is 0 Å². The molecule has 1 heterocycles. The summed E-state index contributed by atoms with van der Waals surface area (Å²) in [5.74, 6) is 0. The Labute approximate surface area is 90.9 Å². The van der Waals surface area contributed by atoms with Gasteiger partial charge in [0, 0.05) is 6.61 Å². The lowest BCUT2D eigenvalue weighted by Gasteiger charge is -2.29. The van der Waals surface area contributed by atoms with Crippen LogP contribution in [-0.4, -0.2) is 43.6 Å². The zero-order chi connectivity index (χ0) is 11.7. The molecule has 15 heavy (non-hydrogen) atoms. The van der Waals surface area contributed by atoms with Crippen LogP contribution in [0.5, 0.6) is 0 Å². The minimum Gasteiger partial charge on any atom is -0.395 e. The molecule has 3 atom stereocenters. The lowest BCUT2D eigenvalue weighted by Crippen LogP contribution is -2.53. The molecule has 6 heteroatoms. The number of rotatable bonds is 4. The maximum absolute atomic E-state index is 11.7. The summed E-state index contributed by atoms with van der Waals surface area (Å²) in [5.41, 5.74) is -0.553. The van der Waals surface area contributed by atoms with E-state index in [1.807, 2.05) is 13.8 Å². The summed E-state index contributed by atoms with van der Waals surface area (Å²) in [5, 5.41) is 8.05. The van der Waals surface area contributed by atoms with Gasteiger partial charge < -0.3 is 9.84 Å². The third kappa shape index (κ3) is 2.69. The van der Waals surface area contributed by atoms with Crippen molar-refractivity contribution in [2.45, 2.75) is 44.1 Å². The van der Waals surface area contributed by atoms with Gasteiger partial charge in [0.1, 0.15) is 0 Å². The van der Waals surface area contributed by atoms with E-state index in [0.717, 1.165) is 0 Å². The molecular weight excluding hydrogens is 218 g/mol. The summed E-state index contributed by atoms with van der Waals surface area (Å²) in [4.78, 5) is 0. The molecule has 2 N–H and O–H groups in total. The molecule has 3 unspecified atom stereocenters. The van der Waals surface area contributed by atoms with E-state index in [0.29, 0.717) is 13.0 Å². The third-order valence-corrected chi connectivity index (χ3v) is 5.01. The van der Waals surface area contributed by atoms with Crippen molar-refractivity contribution in [3.05, 3.63) is 0 Å². The average molecular weight is 237 g/mol. The second-order valence-electron chi connectivity index (χ2n) is 4.32. The van der Waals surface area contributed by atoms with Crippen LogP contribution in [0, 0.1) is 0 Å². The van der Waals surface area contributed by atoms with Crippen molar-refractivity contribution >= 4 is 10.0 Å². The standard InChI is InChI=1S/C9H19NO4S/c1-7(6-11)15(12,13)10-9(3)4-5-14-8(9)2/h7-8,10-11H,4-6H2,1-3H3. The van der Waals surface area contributed by atoms with Gasteiger partial charge in [-0.05, 0) is 27.2 Å². The minimum absolute atomic E-state index is 0.141. The summed E-state index contributed by atoms with van der Waals surface area (Å²) in [6.07, 6.45) is 0.518. The van der Waals surface area contributed by atoms with Gasteiger partial charge in [-0.15, -0.1) is 0 Å². The Morgan fingerprint density at radius 3 is 2.67 bits per heavy atom. The fourth-order valence-corrected chi connectivity index (χ4v) is 2.81. The number of hydrogen-bond donors (Lipinski definition) is 2. The van der Waals surface area contributed by atoms with Crippen molar-refractivity contribution in [3.8, 4) is 0 Å². The molecule has 0 aromatic rings. The number of hydrogen-bond acceptors (Lipinski definition) is 4. The van der Waals surface area contributed by atoms with Gasteiger partial charge in [-0.3, -0.25) is 0 Å². The molecule has 1 aliphatic rings. The van der Waals surface area contributed by atoms with E-state index in [-0.39, 0.29) is 12.7 Å². The van der Waals surface area contributed by atoms with E-state index < -0.39 is 20.8 Å². The molecule has 0 aliphatic carbocycles. The number of sulfonamides is 1. The van der Waals surface area contributed by atoms with Gasteiger partial charge in [0.15, 0.2) is 0 Å². The number of aliphatic hydroxyl groups is 1. The second kappa shape index (κ2) is 4.37. The van der Waals surface area contributed by atoms with E-state index in [1.165, 1.54) is 6.92 Å². The maximum Gasteiger partial charge on any atom is 0.217 e. The van der Waals surface area contributed by atoms with Crippen LogP contribution in [0.2, 0.25) is 0 Å². The highest BCUT2D eigenvalue weighted by atomic mass is 32.2. The Kier molecular flexibility index (Phi) is 3.76. The second-order valence-corrected chi connectivity index (χ2v) is 6.42. The Hall–Kier alpha value is -0.170. The number of nitrogens with one attached hydrogen (secondary N) is 1. The van der Waals surface area contributed by atoms with E-state index >= 15 is 0 Å². The van der Waals surface area contributed by atoms with Gasteiger partial charge >= 0.3 is 0 Å². The summed E-state index contributed by atoms with van der Waals surface area (Å²) in [7, 11) is -3.47. The van der Waals surface area contributed by atoms with Crippen molar-refractivity contribution in [3.63, 3.8) is 0 Å². The lowest BCUT2D eigenvalue weighted by molar-refractivity contribution is 0.0955. The summed E-state index contributed by atoms with van der Waals surface area (Å²) in [6.45, 7) is 5.34. The normalized spacial score (nSPS) is 34.3. The third-order valence-electron chi connectivity index (χ3n) is 3.05. The molecule has 0 amide bonds. The monoisotopic (exact) mass is 237 g/mol. The zero-order valence-electron chi connectivity index (χ0n) is 9.36. The fraction of sp³-hybridized carbons (Fsp3) is 1.00. The highest BCUT2D eigenvalue weighted by molar-refractivity contribution is 7.90. The van der Waals surface area contributed by atoms with Gasteiger partial charge in [0.05, 0.1) is 23.5 Å². The Balaban J connectivity index is 2.77. The van der Waals surface area contributed by atoms with Crippen molar-refractivity contribution < 1.29 is 18.3 Å². The van der Waals surface area contributed by atoms with Crippen molar-refractivity contribution in [2.75, 3.05) is 13.2 Å². The number of ether oxygens (including phenoxy) is 1. The molecule has 0 spiro atoms. The first-order valence-electron chi connectivity index (χ1n) is 5.07. The quantitative estimate of drug-likeness (QED) is 0.713. The lowest BCUT2D eigenvalue weighted by atomic mass is 9.97. The molecule has 1 aliphatic heterocycles. The van der Waals surface area contributed by atoms with Crippen LogP contribution in [0.4, 0.5) is 0 Å².